The highest BCUT2D eigenvalue weighted by Gasteiger charge is 2.09. The molecule has 1 aromatic rings. The average Bonchev–Trinajstić information content (AvgIpc) is 2.69. The van der Waals surface area contributed by atoms with Crippen molar-refractivity contribution in [3.8, 4) is 6.07 Å². The van der Waals surface area contributed by atoms with Crippen LogP contribution in [-0.2, 0) is 6.42 Å². The summed E-state index contributed by atoms with van der Waals surface area (Å²) in [6, 6.07) is 10.7. The maximum absolute atomic E-state index is 8.76. The predicted molar refractivity (Wildman–Crippen MR) is 122 cm³/mol. The molecule has 3 nitrogen and oxygen atoms in total. The molecular weight excluding hydrogens is 342 g/mol. The summed E-state index contributed by atoms with van der Waals surface area (Å²) >= 11 is 0. The van der Waals surface area contributed by atoms with Crippen LogP contribution >= 0.6 is 0 Å². The number of nitrogens with two attached hydrogens (primary N) is 1. The maximum Gasteiger partial charge on any atom is 0.0908 e. The maximum atomic E-state index is 8.76. The average molecular weight is 380 g/mol. The summed E-state index contributed by atoms with van der Waals surface area (Å²) in [5.41, 5.74) is 10.2. The Hall–Kier alpha value is -2.31. The third kappa shape index (κ3) is 10.7. The first-order valence-electron chi connectivity index (χ1n) is 10.5. The van der Waals surface area contributed by atoms with E-state index in [0.29, 0.717) is 12.5 Å². The number of nitrogens with one attached hydrogen (secondary N) is 1. The van der Waals surface area contributed by atoms with Gasteiger partial charge in [-0.05, 0) is 62.1 Å². The van der Waals surface area contributed by atoms with E-state index in [1.54, 1.807) is 6.08 Å². The molecule has 28 heavy (non-hydrogen) atoms. The van der Waals surface area contributed by atoms with Crippen molar-refractivity contribution < 1.29 is 0 Å². The van der Waals surface area contributed by atoms with Crippen LogP contribution in [0.5, 0.6) is 0 Å². The second-order valence-electron chi connectivity index (χ2n) is 7.62. The number of rotatable bonds is 15. The van der Waals surface area contributed by atoms with Crippen molar-refractivity contribution in [1.29, 1.82) is 5.26 Å². The number of nitriles is 1. The minimum Gasteiger partial charge on any atom is -0.384 e. The van der Waals surface area contributed by atoms with E-state index >= 15 is 0 Å². The standard InChI is InChI=1S/C25H37N3/c1-21(2)10-5-4-6-11-23(12-7-8-17-26)15-16-24-13-9-14-25(20-24)22(3)28-19-18-27/h7-9,13-14,20,23,28H,1,3-6,10-12,15-16,18-19,27H2,2H3/b8-7+. The molecule has 1 rings (SSSR count). The van der Waals surface area contributed by atoms with Gasteiger partial charge in [0.2, 0.25) is 0 Å². The molecule has 0 amide bonds. The molecule has 0 aromatic heterocycles. The molecule has 1 atom stereocenters. The van der Waals surface area contributed by atoms with Gasteiger partial charge in [-0.2, -0.15) is 5.26 Å². The lowest BCUT2D eigenvalue weighted by molar-refractivity contribution is 0.430. The molecule has 0 bridgehead atoms. The number of allylic oxidation sites excluding steroid dienone is 3. The van der Waals surface area contributed by atoms with Gasteiger partial charge in [-0.1, -0.05) is 55.7 Å². The van der Waals surface area contributed by atoms with Crippen LogP contribution in [0.3, 0.4) is 0 Å². The Bertz CT molecular complexity index is 667. The van der Waals surface area contributed by atoms with E-state index in [9.17, 15) is 0 Å². The van der Waals surface area contributed by atoms with Gasteiger partial charge in [-0.15, -0.1) is 6.58 Å². The third-order valence-corrected chi connectivity index (χ3v) is 4.98. The van der Waals surface area contributed by atoms with Crippen molar-refractivity contribution in [2.24, 2.45) is 11.7 Å². The van der Waals surface area contributed by atoms with Gasteiger partial charge < -0.3 is 11.1 Å². The topological polar surface area (TPSA) is 61.8 Å². The van der Waals surface area contributed by atoms with Gasteiger partial charge in [0.25, 0.3) is 0 Å². The molecule has 0 heterocycles. The molecule has 0 aliphatic carbocycles. The zero-order valence-electron chi connectivity index (χ0n) is 17.6. The van der Waals surface area contributed by atoms with E-state index in [4.69, 9.17) is 11.0 Å². The number of aryl methyl sites for hydroxylation is 1. The lowest BCUT2D eigenvalue weighted by atomic mass is 9.90. The van der Waals surface area contributed by atoms with E-state index in [2.05, 4.69) is 55.7 Å². The quantitative estimate of drug-likeness (QED) is 0.232. The van der Waals surface area contributed by atoms with Crippen LogP contribution in [0.15, 0.2) is 55.1 Å². The van der Waals surface area contributed by atoms with Crippen LogP contribution in [-0.4, -0.2) is 13.1 Å². The van der Waals surface area contributed by atoms with Gasteiger partial charge in [0.05, 0.1) is 6.07 Å². The van der Waals surface area contributed by atoms with Crippen molar-refractivity contribution in [2.75, 3.05) is 13.1 Å². The fraction of sp³-hybridized carbons (Fsp3) is 0.480. The largest absolute Gasteiger partial charge is 0.384 e. The Morgan fingerprint density at radius 3 is 2.79 bits per heavy atom. The number of unbranched alkanes of at least 4 members (excludes halogenated alkanes) is 2. The van der Waals surface area contributed by atoms with Gasteiger partial charge >= 0.3 is 0 Å². The first kappa shape index (κ1) is 23.7. The van der Waals surface area contributed by atoms with Crippen molar-refractivity contribution in [3.05, 3.63) is 66.3 Å². The molecule has 1 aromatic carbocycles. The van der Waals surface area contributed by atoms with Crippen molar-refractivity contribution >= 4 is 5.70 Å². The van der Waals surface area contributed by atoms with Gasteiger partial charge in [0, 0.05) is 24.9 Å². The second kappa shape index (κ2) is 14.7. The molecule has 1 unspecified atom stereocenters. The molecule has 0 fully saturated rings. The molecule has 0 aliphatic heterocycles. The first-order chi connectivity index (χ1) is 13.6. The SMILES string of the molecule is C=C(C)CCCCCC(C/C=C/C#N)CCc1cccc(C(=C)NCCN)c1. The summed E-state index contributed by atoms with van der Waals surface area (Å²) in [5.74, 6) is 0.622. The van der Waals surface area contributed by atoms with Crippen molar-refractivity contribution in [2.45, 2.75) is 58.3 Å². The molecule has 0 aliphatic rings. The summed E-state index contributed by atoms with van der Waals surface area (Å²) in [6.07, 6.45) is 12.9. The zero-order valence-corrected chi connectivity index (χ0v) is 17.6. The summed E-state index contributed by atoms with van der Waals surface area (Å²) in [4.78, 5) is 0. The highest BCUT2D eigenvalue weighted by Crippen LogP contribution is 2.22. The zero-order chi connectivity index (χ0) is 20.6. The van der Waals surface area contributed by atoms with Crippen molar-refractivity contribution in [3.63, 3.8) is 0 Å². The fourth-order valence-corrected chi connectivity index (χ4v) is 3.34. The van der Waals surface area contributed by atoms with E-state index in [0.717, 1.165) is 43.5 Å². The summed E-state index contributed by atoms with van der Waals surface area (Å²) in [6.45, 7) is 11.5. The summed E-state index contributed by atoms with van der Waals surface area (Å²) < 4.78 is 0. The van der Waals surface area contributed by atoms with Crippen LogP contribution in [0.4, 0.5) is 0 Å². The Balaban J connectivity index is 2.55. The highest BCUT2D eigenvalue weighted by molar-refractivity contribution is 5.62. The third-order valence-electron chi connectivity index (χ3n) is 4.98. The van der Waals surface area contributed by atoms with Crippen LogP contribution in [0.1, 0.15) is 63.0 Å². The minimum atomic E-state index is 0.600. The molecule has 0 saturated heterocycles. The predicted octanol–water partition coefficient (Wildman–Crippen LogP) is 5.75. The Labute approximate surface area is 172 Å². The van der Waals surface area contributed by atoms with Crippen LogP contribution < -0.4 is 11.1 Å². The van der Waals surface area contributed by atoms with Crippen LogP contribution in [0, 0.1) is 17.2 Å². The minimum absolute atomic E-state index is 0.600. The molecule has 3 N–H and O–H groups in total. The number of nitrogens with zero attached hydrogens (tertiary/aromatic N) is 1. The summed E-state index contributed by atoms with van der Waals surface area (Å²) in [7, 11) is 0. The van der Waals surface area contributed by atoms with Crippen LogP contribution in [0.25, 0.3) is 5.70 Å². The fourth-order valence-electron chi connectivity index (χ4n) is 3.34. The highest BCUT2D eigenvalue weighted by atomic mass is 14.9. The Kier molecular flexibility index (Phi) is 12.5. The number of benzene rings is 1. The normalized spacial score (nSPS) is 11.9. The van der Waals surface area contributed by atoms with E-state index < -0.39 is 0 Å². The first-order valence-corrected chi connectivity index (χ1v) is 10.5. The number of hydrogen-bond donors (Lipinski definition) is 2. The van der Waals surface area contributed by atoms with Gasteiger partial charge in [-0.25, -0.2) is 0 Å². The monoisotopic (exact) mass is 379 g/mol. The van der Waals surface area contributed by atoms with E-state index in [-0.39, 0.29) is 0 Å². The molecule has 152 valence electrons. The van der Waals surface area contributed by atoms with Crippen LogP contribution in [0.2, 0.25) is 0 Å². The molecule has 0 spiro atoms. The van der Waals surface area contributed by atoms with Gasteiger partial charge in [0.1, 0.15) is 0 Å². The molecule has 0 radical (unpaired) electrons. The lowest BCUT2D eigenvalue weighted by Crippen LogP contribution is -2.20. The van der Waals surface area contributed by atoms with Gasteiger partial charge in [-0.3, -0.25) is 0 Å². The van der Waals surface area contributed by atoms with Gasteiger partial charge in [0.15, 0.2) is 0 Å². The lowest BCUT2D eigenvalue weighted by Gasteiger charge is -2.16. The summed E-state index contributed by atoms with van der Waals surface area (Å²) in [5, 5.41) is 12.0. The second-order valence-corrected chi connectivity index (χ2v) is 7.62. The van der Waals surface area contributed by atoms with E-state index in [1.807, 2.05) is 6.08 Å². The van der Waals surface area contributed by atoms with E-state index in [1.165, 1.54) is 36.8 Å². The molecular formula is C25H37N3. The molecule has 3 heteroatoms. The Morgan fingerprint density at radius 2 is 2.07 bits per heavy atom. The van der Waals surface area contributed by atoms with Crippen molar-refractivity contribution in [1.82, 2.24) is 5.32 Å². The molecule has 0 saturated carbocycles. The number of hydrogen-bond acceptors (Lipinski definition) is 3. The Morgan fingerprint density at radius 1 is 1.25 bits per heavy atom. The smallest absolute Gasteiger partial charge is 0.0908 e.